The van der Waals surface area contributed by atoms with E-state index in [0.29, 0.717) is 23.8 Å². The number of rotatable bonds is 10. The van der Waals surface area contributed by atoms with Crippen molar-refractivity contribution >= 4 is 36.2 Å². The standard InChI is InChI=1S/C21H31BClN3O4/c1-13(2)11-19(22(29)30)25-20(27)17(12-14-3-4-14)24-21(28)18-9-10-26(18)16-7-5-15(23)6-8-16/h5-8,13-14,17-19,29-30H,3-4,9-12H2,1-2H3,(H,24,28)(H,25,27). The maximum Gasteiger partial charge on any atom is 0.475 e. The number of halogens is 1. The summed E-state index contributed by atoms with van der Waals surface area (Å²) in [5.41, 5.74) is 0.925. The third-order valence-electron chi connectivity index (χ3n) is 5.79. The Balaban J connectivity index is 1.63. The highest BCUT2D eigenvalue weighted by molar-refractivity contribution is 6.43. The summed E-state index contributed by atoms with van der Waals surface area (Å²) in [6, 6.07) is 6.36. The molecule has 2 amide bonds. The fraction of sp³-hybridized carbons (Fsp3) is 0.619. The van der Waals surface area contributed by atoms with E-state index < -0.39 is 19.1 Å². The van der Waals surface area contributed by atoms with Gasteiger partial charge in [0.25, 0.3) is 0 Å². The molecule has 0 aromatic heterocycles. The van der Waals surface area contributed by atoms with Gasteiger partial charge in [0, 0.05) is 17.3 Å². The van der Waals surface area contributed by atoms with Crippen molar-refractivity contribution in [2.75, 3.05) is 11.4 Å². The molecule has 0 bridgehead atoms. The second kappa shape index (κ2) is 10.0. The van der Waals surface area contributed by atoms with Crippen molar-refractivity contribution in [2.24, 2.45) is 11.8 Å². The molecule has 0 spiro atoms. The van der Waals surface area contributed by atoms with Crippen LogP contribution >= 0.6 is 11.6 Å². The van der Waals surface area contributed by atoms with Crippen molar-refractivity contribution in [3.05, 3.63) is 29.3 Å². The molecule has 9 heteroatoms. The van der Waals surface area contributed by atoms with Gasteiger partial charge >= 0.3 is 7.12 Å². The van der Waals surface area contributed by atoms with E-state index in [1.165, 1.54) is 0 Å². The monoisotopic (exact) mass is 435 g/mol. The summed E-state index contributed by atoms with van der Waals surface area (Å²) in [4.78, 5) is 27.8. The number of nitrogens with zero attached hydrogens (tertiary/aromatic N) is 1. The van der Waals surface area contributed by atoms with Gasteiger partial charge in [-0.2, -0.15) is 0 Å². The van der Waals surface area contributed by atoms with Gasteiger partial charge in [-0.25, -0.2) is 0 Å². The highest BCUT2D eigenvalue weighted by Crippen LogP contribution is 2.34. The summed E-state index contributed by atoms with van der Waals surface area (Å²) < 4.78 is 0. The first kappa shape index (κ1) is 22.9. The lowest BCUT2D eigenvalue weighted by molar-refractivity contribution is -0.130. The largest absolute Gasteiger partial charge is 0.475 e. The Labute approximate surface area is 183 Å². The van der Waals surface area contributed by atoms with Crippen LogP contribution in [0.4, 0.5) is 5.69 Å². The maximum absolute atomic E-state index is 12.9. The molecule has 1 saturated heterocycles. The lowest BCUT2D eigenvalue weighted by Crippen LogP contribution is -2.61. The Kier molecular flexibility index (Phi) is 7.66. The van der Waals surface area contributed by atoms with Crippen molar-refractivity contribution in [2.45, 2.75) is 64.0 Å². The van der Waals surface area contributed by atoms with Gasteiger partial charge in [-0.15, -0.1) is 0 Å². The Morgan fingerprint density at radius 3 is 2.33 bits per heavy atom. The van der Waals surface area contributed by atoms with E-state index in [4.69, 9.17) is 11.6 Å². The second-order valence-electron chi connectivity index (χ2n) is 8.87. The number of carbonyl (C=O) groups is 2. The van der Waals surface area contributed by atoms with Crippen molar-refractivity contribution < 1.29 is 19.6 Å². The lowest BCUT2D eigenvalue weighted by Gasteiger charge is -2.42. The molecular weight excluding hydrogens is 405 g/mol. The Hall–Kier alpha value is -1.77. The average molecular weight is 436 g/mol. The fourth-order valence-electron chi connectivity index (χ4n) is 3.83. The first-order valence-corrected chi connectivity index (χ1v) is 11.1. The van der Waals surface area contributed by atoms with Crippen LogP contribution in [0.1, 0.15) is 46.0 Å². The van der Waals surface area contributed by atoms with Crippen LogP contribution in [0.25, 0.3) is 0 Å². The van der Waals surface area contributed by atoms with E-state index in [-0.39, 0.29) is 23.8 Å². The quantitative estimate of drug-likeness (QED) is 0.419. The molecule has 1 aromatic carbocycles. The van der Waals surface area contributed by atoms with Gasteiger partial charge in [-0.05, 0) is 55.4 Å². The van der Waals surface area contributed by atoms with Crippen molar-refractivity contribution in [1.29, 1.82) is 0 Å². The molecule has 2 fully saturated rings. The fourth-order valence-corrected chi connectivity index (χ4v) is 3.96. The summed E-state index contributed by atoms with van der Waals surface area (Å²) in [5.74, 6) is -0.674. The van der Waals surface area contributed by atoms with Crippen LogP contribution in [0.15, 0.2) is 24.3 Å². The van der Waals surface area contributed by atoms with E-state index in [0.717, 1.165) is 31.5 Å². The Bertz CT molecular complexity index is 742. The summed E-state index contributed by atoms with van der Waals surface area (Å²) in [7, 11) is -1.64. The Morgan fingerprint density at radius 2 is 1.83 bits per heavy atom. The molecule has 1 aromatic rings. The molecule has 3 atom stereocenters. The van der Waals surface area contributed by atoms with Crippen LogP contribution in [0, 0.1) is 11.8 Å². The van der Waals surface area contributed by atoms with Crippen LogP contribution in [0.3, 0.4) is 0 Å². The van der Waals surface area contributed by atoms with Gasteiger partial charge in [0.05, 0.1) is 5.94 Å². The van der Waals surface area contributed by atoms with Crippen molar-refractivity contribution in [1.82, 2.24) is 10.6 Å². The molecule has 1 heterocycles. The number of anilines is 1. The van der Waals surface area contributed by atoms with E-state index in [9.17, 15) is 19.6 Å². The van der Waals surface area contributed by atoms with E-state index in [1.54, 1.807) is 12.1 Å². The van der Waals surface area contributed by atoms with Crippen molar-refractivity contribution in [3.63, 3.8) is 0 Å². The minimum absolute atomic E-state index is 0.179. The van der Waals surface area contributed by atoms with Crippen LogP contribution in [0.5, 0.6) is 0 Å². The molecule has 1 aliphatic carbocycles. The molecule has 0 radical (unpaired) electrons. The zero-order chi connectivity index (χ0) is 21.8. The van der Waals surface area contributed by atoms with E-state index in [1.807, 2.05) is 30.9 Å². The molecule has 1 saturated carbocycles. The zero-order valence-electron chi connectivity index (χ0n) is 17.6. The van der Waals surface area contributed by atoms with Gasteiger partial charge in [0.1, 0.15) is 12.1 Å². The minimum atomic E-state index is -1.64. The predicted molar refractivity (Wildman–Crippen MR) is 118 cm³/mol. The number of benzene rings is 1. The van der Waals surface area contributed by atoms with Gasteiger partial charge in [0.15, 0.2) is 0 Å². The minimum Gasteiger partial charge on any atom is -0.426 e. The molecular formula is C21H31BClN3O4. The van der Waals surface area contributed by atoms with E-state index in [2.05, 4.69) is 10.6 Å². The molecule has 2 aliphatic rings. The molecule has 3 unspecified atom stereocenters. The number of carbonyl (C=O) groups excluding carboxylic acids is 2. The SMILES string of the molecule is CC(C)CC(NC(=O)C(CC1CC1)NC(=O)C1CCN1c1ccc(Cl)cc1)B(O)O. The molecule has 4 N–H and O–H groups in total. The second-order valence-corrected chi connectivity index (χ2v) is 9.31. The van der Waals surface area contributed by atoms with Crippen molar-refractivity contribution in [3.8, 4) is 0 Å². The lowest BCUT2D eigenvalue weighted by atomic mass is 9.75. The summed E-state index contributed by atoms with van der Waals surface area (Å²) in [5, 5.41) is 25.5. The predicted octanol–water partition coefficient (Wildman–Crippen LogP) is 1.75. The number of hydrogen-bond acceptors (Lipinski definition) is 5. The van der Waals surface area contributed by atoms with Gasteiger partial charge in [-0.3, -0.25) is 9.59 Å². The van der Waals surface area contributed by atoms with Gasteiger partial charge in [0.2, 0.25) is 11.8 Å². The smallest absolute Gasteiger partial charge is 0.426 e. The third kappa shape index (κ3) is 6.12. The first-order chi connectivity index (χ1) is 14.2. The zero-order valence-corrected chi connectivity index (χ0v) is 18.3. The summed E-state index contributed by atoms with van der Waals surface area (Å²) in [6.45, 7) is 4.67. The number of amides is 2. The topological polar surface area (TPSA) is 102 Å². The van der Waals surface area contributed by atoms with Crippen LogP contribution in [-0.2, 0) is 9.59 Å². The summed E-state index contributed by atoms with van der Waals surface area (Å²) >= 11 is 5.95. The maximum atomic E-state index is 12.9. The van der Waals surface area contributed by atoms with Crippen LogP contribution in [0.2, 0.25) is 5.02 Å². The molecule has 3 rings (SSSR count). The number of nitrogens with one attached hydrogen (secondary N) is 2. The van der Waals surface area contributed by atoms with Gasteiger partial charge < -0.3 is 25.6 Å². The number of hydrogen-bond donors (Lipinski definition) is 4. The van der Waals surface area contributed by atoms with Crippen LogP contribution in [-0.4, -0.2) is 53.6 Å². The molecule has 7 nitrogen and oxygen atoms in total. The first-order valence-electron chi connectivity index (χ1n) is 10.7. The molecule has 1 aliphatic heterocycles. The van der Waals surface area contributed by atoms with Crippen LogP contribution < -0.4 is 15.5 Å². The summed E-state index contributed by atoms with van der Waals surface area (Å²) in [6.07, 6.45) is 3.84. The average Bonchev–Trinajstić information content (AvgIpc) is 3.45. The van der Waals surface area contributed by atoms with E-state index >= 15 is 0 Å². The molecule has 30 heavy (non-hydrogen) atoms. The Morgan fingerprint density at radius 1 is 1.17 bits per heavy atom. The highest BCUT2D eigenvalue weighted by atomic mass is 35.5. The normalized spacial score (nSPS) is 20.3. The molecule has 164 valence electrons. The highest BCUT2D eigenvalue weighted by Gasteiger charge is 2.38. The van der Waals surface area contributed by atoms with Gasteiger partial charge in [-0.1, -0.05) is 38.3 Å². The third-order valence-corrected chi connectivity index (χ3v) is 6.04.